The fraction of sp³-hybridized carbons (Fsp3) is 0.222. The summed E-state index contributed by atoms with van der Waals surface area (Å²) >= 11 is 0. The van der Waals surface area contributed by atoms with Gasteiger partial charge in [0.2, 0.25) is 10.0 Å². The van der Waals surface area contributed by atoms with Crippen molar-refractivity contribution in [1.82, 2.24) is 0 Å². The molecule has 0 heterocycles. The number of benzene rings is 2. The van der Waals surface area contributed by atoms with Crippen LogP contribution < -0.4 is 14.6 Å². The molecule has 144 valence electrons. The SMILES string of the molecule is COc1ccc(C(=O)OCCOc2ccccc2C(C)=O)cc1S(N)(=O)=O. The van der Waals surface area contributed by atoms with Crippen LogP contribution in [0.1, 0.15) is 27.6 Å². The summed E-state index contributed by atoms with van der Waals surface area (Å²) in [6.07, 6.45) is 0. The number of nitrogens with two attached hydrogens (primary N) is 1. The molecule has 9 heteroatoms. The molecule has 8 nitrogen and oxygen atoms in total. The minimum absolute atomic E-state index is 0.00367. The number of methoxy groups -OCH3 is 1. The fourth-order valence-electron chi connectivity index (χ4n) is 2.28. The highest BCUT2D eigenvalue weighted by Gasteiger charge is 2.18. The van der Waals surface area contributed by atoms with Gasteiger partial charge >= 0.3 is 5.97 Å². The molecule has 2 N–H and O–H groups in total. The van der Waals surface area contributed by atoms with Gasteiger partial charge in [-0.2, -0.15) is 0 Å². The maximum absolute atomic E-state index is 12.1. The van der Waals surface area contributed by atoms with Crippen LogP contribution >= 0.6 is 0 Å². The van der Waals surface area contributed by atoms with E-state index in [1.165, 1.54) is 26.2 Å². The number of hydrogen-bond donors (Lipinski definition) is 1. The van der Waals surface area contributed by atoms with Gasteiger partial charge in [-0.3, -0.25) is 4.79 Å². The molecule has 0 aliphatic rings. The van der Waals surface area contributed by atoms with E-state index >= 15 is 0 Å². The summed E-state index contributed by atoms with van der Waals surface area (Å²) in [6, 6.07) is 10.5. The van der Waals surface area contributed by atoms with Crippen LogP contribution in [0.2, 0.25) is 0 Å². The smallest absolute Gasteiger partial charge is 0.338 e. The van der Waals surface area contributed by atoms with Gasteiger partial charge in [-0.25, -0.2) is 18.4 Å². The van der Waals surface area contributed by atoms with Gasteiger partial charge in [0.25, 0.3) is 0 Å². The molecule has 0 aromatic heterocycles. The molecule has 0 bridgehead atoms. The first-order valence-corrected chi connectivity index (χ1v) is 9.39. The highest BCUT2D eigenvalue weighted by molar-refractivity contribution is 7.89. The molecule has 0 unspecified atom stereocenters. The monoisotopic (exact) mass is 393 g/mol. The number of Topliss-reactive ketones (excluding diaryl/α,β-unsaturated/α-hetero) is 1. The number of hydrogen-bond acceptors (Lipinski definition) is 7. The van der Waals surface area contributed by atoms with Crippen molar-refractivity contribution in [3.05, 3.63) is 53.6 Å². The third-order valence-electron chi connectivity index (χ3n) is 3.55. The Hall–Kier alpha value is -2.91. The predicted octanol–water partition coefficient (Wildman–Crippen LogP) is 1.78. The summed E-state index contributed by atoms with van der Waals surface area (Å²) in [5.41, 5.74) is 0.431. The second kappa shape index (κ2) is 8.65. The van der Waals surface area contributed by atoms with Crippen LogP contribution in [0.5, 0.6) is 11.5 Å². The number of para-hydroxylation sites is 1. The van der Waals surface area contributed by atoms with Gasteiger partial charge < -0.3 is 14.2 Å². The van der Waals surface area contributed by atoms with Gasteiger partial charge in [0.1, 0.15) is 29.6 Å². The molecular weight excluding hydrogens is 374 g/mol. The molecular formula is C18H19NO7S. The van der Waals surface area contributed by atoms with Gasteiger partial charge in [0.05, 0.1) is 18.2 Å². The van der Waals surface area contributed by atoms with Crippen molar-refractivity contribution in [2.45, 2.75) is 11.8 Å². The van der Waals surface area contributed by atoms with E-state index in [9.17, 15) is 18.0 Å². The topological polar surface area (TPSA) is 122 Å². The normalized spacial score (nSPS) is 10.9. The van der Waals surface area contributed by atoms with E-state index in [-0.39, 0.29) is 35.2 Å². The highest BCUT2D eigenvalue weighted by atomic mass is 32.2. The lowest BCUT2D eigenvalue weighted by molar-refractivity contribution is 0.0449. The van der Waals surface area contributed by atoms with Crippen LogP contribution in [0.3, 0.4) is 0 Å². The Labute approximate surface area is 156 Å². The number of esters is 1. The molecule has 0 aliphatic carbocycles. The van der Waals surface area contributed by atoms with E-state index in [4.69, 9.17) is 19.3 Å². The number of rotatable bonds is 8. The summed E-state index contributed by atoms with van der Waals surface area (Å²) in [6.45, 7) is 1.35. The lowest BCUT2D eigenvalue weighted by atomic mass is 10.1. The summed E-state index contributed by atoms with van der Waals surface area (Å²) in [5, 5.41) is 5.12. The van der Waals surface area contributed by atoms with Crippen molar-refractivity contribution >= 4 is 21.8 Å². The second-order valence-corrected chi connectivity index (χ2v) is 6.98. The molecule has 0 radical (unpaired) electrons. The molecule has 0 spiro atoms. The van der Waals surface area contributed by atoms with Crippen molar-refractivity contribution in [2.24, 2.45) is 5.14 Å². The van der Waals surface area contributed by atoms with Crippen molar-refractivity contribution in [1.29, 1.82) is 0 Å². The van der Waals surface area contributed by atoms with Crippen LogP contribution in [0.25, 0.3) is 0 Å². The Balaban J connectivity index is 2.00. The van der Waals surface area contributed by atoms with Crippen LogP contribution in [0.15, 0.2) is 47.4 Å². The standard InChI is InChI=1S/C18H19NO7S/c1-12(20)14-5-3-4-6-15(14)25-9-10-26-18(21)13-7-8-16(24-2)17(11-13)27(19,22)23/h3-8,11H,9-10H2,1-2H3,(H2,19,22,23). The largest absolute Gasteiger partial charge is 0.495 e. The van der Waals surface area contributed by atoms with E-state index in [2.05, 4.69) is 0 Å². The number of ether oxygens (including phenoxy) is 3. The minimum Gasteiger partial charge on any atom is -0.495 e. The zero-order valence-electron chi connectivity index (χ0n) is 14.8. The summed E-state index contributed by atoms with van der Waals surface area (Å²) < 4.78 is 38.6. The third-order valence-corrected chi connectivity index (χ3v) is 4.48. The van der Waals surface area contributed by atoms with Gasteiger partial charge in [-0.1, -0.05) is 12.1 Å². The number of ketones is 1. The Morgan fingerprint density at radius 2 is 1.74 bits per heavy atom. The van der Waals surface area contributed by atoms with E-state index in [0.29, 0.717) is 11.3 Å². The molecule has 0 saturated heterocycles. The van der Waals surface area contributed by atoms with Crippen molar-refractivity contribution in [3.8, 4) is 11.5 Å². The van der Waals surface area contributed by atoms with Gasteiger partial charge in [0.15, 0.2) is 5.78 Å². The zero-order valence-corrected chi connectivity index (χ0v) is 15.6. The first-order chi connectivity index (χ1) is 12.7. The number of carbonyl (C=O) groups excluding carboxylic acids is 2. The first kappa shape index (κ1) is 20.4. The molecule has 27 heavy (non-hydrogen) atoms. The van der Waals surface area contributed by atoms with Crippen LogP contribution in [0, 0.1) is 0 Å². The first-order valence-electron chi connectivity index (χ1n) is 7.84. The third kappa shape index (κ3) is 5.28. The average molecular weight is 393 g/mol. The van der Waals surface area contributed by atoms with Gasteiger partial charge in [-0.15, -0.1) is 0 Å². The van der Waals surface area contributed by atoms with Crippen molar-refractivity contribution < 1.29 is 32.2 Å². The minimum atomic E-state index is -4.07. The van der Waals surface area contributed by atoms with Gasteiger partial charge in [0, 0.05) is 0 Å². The van der Waals surface area contributed by atoms with Crippen LogP contribution in [0.4, 0.5) is 0 Å². The molecule has 2 rings (SSSR count). The Kier molecular flexibility index (Phi) is 6.54. The Morgan fingerprint density at radius 1 is 1.04 bits per heavy atom. The maximum Gasteiger partial charge on any atom is 0.338 e. The molecule has 0 saturated carbocycles. The lowest BCUT2D eigenvalue weighted by Crippen LogP contribution is -2.16. The molecule has 2 aromatic rings. The quantitative estimate of drug-likeness (QED) is 0.412. The highest BCUT2D eigenvalue weighted by Crippen LogP contribution is 2.24. The average Bonchev–Trinajstić information content (AvgIpc) is 2.64. The van der Waals surface area contributed by atoms with Crippen molar-refractivity contribution in [2.75, 3.05) is 20.3 Å². The molecule has 0 fully saturated rings. The maximum atomic E-state index is 12.1. The summed E-state index contributed by atoms with van der Waals surface area (Å²) in [4.78, 5) is 23.3. The number of sulfonamides is 1. The molecule has 0 aliphatic heterocycles. The Bertz CT molecular complexity index is 954. The van der Waals surface area contributed by atoms with E-state index in [1.54, 1.807) is 24.3 Å². The molecule has 0 atom stereocenters. The summed E-state index contributed by atoms with van der Waals surface area (Å²) in [7, 11) is -2.78. The summed E-state index contributed by atoms with van der Waals surface area (Å²) in [5.74, 6) is -0.470. The van der Waals surface area contributed by atoms with Crippen molar-refractivity contribution in [3.63, 3.8) is 0 Å². The second-order valence-electron chi connectivity index (χ2n) is 5.45. The Morgan fingerprint density at radius 3 is 2.37 bits per heavy atom. The van der Waals surface area contributed by atoms with Crippen LogP contribution in [-0.4, -0.2) is 40.5 Å². The van der Waals surface area contributed by atoms with Gasteiger partial charge in [-0.05, 0) is 37.3 Å². The molecule has 2 aromatic carbocycles. The fourth-order valence-corrected chi connectivity index (χ4v) is 3.00. The number of primary sulfonamides is 1. The predicted molar refractivity (Wildman–Crippen MR) is 96.6 cm³/mol. The van der Waals surface area contributed by atoms with E-state index in [1.807, 2.05) is 0 Å². The van der Waals surface area contributed by atoms with E-state index < -0.39 is 16.0 Å². The zero-order chi connectivity index (χ0) is 20.0. The lowest BCUT2D eigenvalue weighted by Gasteiger charge is -2.11. The number of carbonyl (C=O) groups is 2. The van der Waals surface area contributed by atoms with E-state index in [0.717, 1.165) is 6.07 Å². The molecule has 0 amide bonds. The van der Waals surface area contributed by atoms with Crippen LogP contribution in [-0.2, 0) is 14.8 Å².